The van der Waals surface area contributed by atoms with Crippen LogP contribution in [-0.2, 0) is 13.1 Å². The third-order valence-electron chi connectivity index (χ3n) is 3.67. The van der Waals surface area contributed by atoms with Crippen molar-refractivity contribution in [3.05, 3.63) is 18.2 Å². The van der Waals surface area contributed by atoms with E-state index in [4.69, 9.17) is 0 Å². The van der Waals surface area contributed by atoms with Crippen molar-refractivity contribution in [1.29, 1.82) is 0 Å². The van der Waals surface area contributed by atoms with Crippen molar-refractivity contribution < 1.29 is 0 Å². The summed E-state index contributed by atoms with van der Waals surface area (Å²) >= 11 is 0. The first-order valence-corrected chi connectivity index (χ1v) is 6.79. The van der Waals surface area contributed by atoms with Gasteiger partial charge in [0, 0.05) is 25.3 Å². The van der Waals surface area contributed by atoms with Crippen molar-refractivity contribution in [2.75, 3.05) is 19.6 Å². The molecule has 1 aliphatic rings. The second kappa shape index (κ2) is 6.17. The van der Waals surface area contributed by atoms with Gasteiger partial charge in [0.15, 0.2) is 0 Å². The number of hydrogen-bond donors (Lipinski definition) is 1. The van der Waals surface area contributed by atoms with Gasteiger partial charge in [-0.1, -0.05) is 13.8 Å². The first-order chi connectivity index (χ1) is 8.35. The number of rotatable bonds is 6. The topological polar surface area (TPSA) is 33.1 Å². The maximum Gasteiger partial charge on any atom is 0.0949 e. The fourth-order valence-corrected chi connectivity index (χ4v) is 2.66. The molecule has 2 heterocycles. The lowest BCUT2D eigenvalue weighted by Crippen LogP contribution is -2.33. The molecular weight excluding hydrogens is 212 g/mol. The van der Waals surface area contributed by atoms with E-state index in [0.717, 1.165) is 19.6 Å². The minimum atomic E-state index is 0.703. The third kappa shape index (κ3) is 3.07. The average Bonchev–Trinajstić information content (AvgIpc) is 2.96. The van der Waals surface area contributed by atoms with E-state index in [0.29, 0.717) is 6.04 Å². The highest BCUT2D eigenvalue weighted by Gasteiger charge is 2.23. The number of nitrogens with one attached hydrogen (secondary N) is 1. The van der Waals surface area contributed by atoms with Crippen LogP contribution in [-0.4, -0.2) is 40.1 Å². The van der Waals surface area contributed by atoms with Crippen molar-refractivity contribution >= 4 is 0 Å². The van der Waals surface area contributed by atoms with Crippen LogP contribution < -0.4 is 5.32 Å². The Hall–Kier alpha value is -0.870. The molecule has 1 atom stereocenters. The minimum absolute atomic E-state index is 0.703. The molecule has 0 aromatic carbocycles. The normalized spacial score (nSPS) is 21.2. The molecule has 17 heavy (non-hydrogen) atoms. The van der Waals surface area contributed by atoms with Crippen LogP contribution in [0.2, 0.25) is 0 Å². The monoisotopic (exact) mass is 236 g/mol. The lowest BCUT2D eigenvalue weighted by Gasteiger charge is -2.23. The van der Waals surface area contributed by atoms with Gasteiger partial charge in [-0.05, 0) is 32.5 Å². The predicted octanol–water partition coefficient (Wildman–Crippen LogP) is 1.48. The summed E-state index contributed by atoms with van der Waals surface area (Å²) in [5.41, 5.74) is 1.30. The smallest absolute Gasteiger partial charge is 0.0949 e. The molecule has 0 amide bonds. The molecule has 0 bridgehead atoms. The molecule has 96 valence electrons. The zero-order chi connectivity index (χ0) is 12.1. The lowest BCUT2D eigenvalue weighted by atomic mass is 10.2. The van der Waals surface area contributed by atoms with Gasteiger partial charge in [-0.15, -0.1) is 0 Å². The molecular formula is C13H24N4. The zero-order valence-corrected chi connectivity index (χ0v) is 11.0. The highest BCUT2D eigenvalue weighted by Crippen LogP contribution is 2.18. The Kier molecular flexibility index (Phi) is 4.57. The molecule has 1 fully saturated rings. The molecule has 1 N–H and O–H groups in total. The van der Waals surface area contributed by atoms with Crippen molar-refractivity contribution in [1.82, 2.24) is 19.8 Å². The summed E-state index contributed by atoms with van der Waals surface area (Å²) in [6, 6.07) is 0.703. The van der Waals surface area contributed by atoms with Gasteiger partial charge < -0.3 is 9.88 Å². The molecule has 2 rings (SSSR count). The Balaban J connectivity index is 1.95. The second-order valence-corrected chi connectivity index (χ2v) is 4.74. The van der Waals surface area contributed by atoms with Crippen molar-refractivity contribution in [3.63, 3.8) is 0 Å². The quantitative estimate of drug-likeness (QED) is 0.812. The summed E-state index contributed by atoms with van der Waals surface area (Å²) < 4.78 is 2.31. The van der Waals surface area contributed by atoms with Gasteiger partial charge in [0.05, 0.1) is 12.0 Å². The van der Waals surface area contributed by atoms with E-state index in [1.165, 1.54) is 31.6 Å². The van der Waals surface area contributed by atoms with Crippen LogP contribution in [0, 0.1) is 0 Å². The van der Waals surface area contributed by atoms with Gasteiger partial charge in [-0.2, -0.15) is 0 Å². The SMILES string of the molecule is CCNCc1cncn1CC1CCCN1CC. The molecule has 1 unspecified atom stereocenters. The molecule has 1 aromatic rings. The maximum atomic E-state index is 4.27. The molecule has 1 aromatic heterocycles. The zero-order valence-electron chi connectivity index (χ0n) is 11.0. The second-order valence-electron chi connectivity index (χ2n) is 4.74. The summed E-state index contributed by atoms with van der Waals surface area (Å²) in [5, 5.41) is 3.37. The van der Waals surface area contributed by atoms with Crippen LogP contribution in [0.25, 0.3) is 0 Å². The van der Waals surface area contributed by atoms with Gasteiger partial charge in [-0.25, -0.2) is 4.98 Å². The lowest BCUT2D eigenvalue weighted by molar-refractivity contribution is 0.242. The van der Waals surface area contributed by atoms with Crippen molar-refractivity contribution in [2.45, 2.75) is 45.8 Å². The van der Waals surface area contributed by atoms with Crippen LogP contribution in [0.4, 0.5) is 0 Å². The maximum absolute atomic E-state index is 4.27. The highest BCUT2D eigenvalue weighted by molar-refractivity contribution is 4.99. The number of aromatic nitrogens is 2. The van der Waals surface area contributed by atoms with Crippen molar-refractivity contribution in [2.24, 2.45) is 0 Å². The Bertz CT molecular complexity index is 334. The molecule has 4 heteroatoms. The number of likely N-dealkylation sites (N-methyl/N-ethyl adjacent to an activating group) is 1. The number of imidazole rings is 1. The van der Waals surface area contributed by atoms with E-state index in [2.05, 4.69) is 33.6 Å². The van der Waals surface area contributed by atoms with E-state index < -0.39 is 0 Å². The van der Waals surface area contributed by atoms with Gasteiger partial charge >= 0.3 is 0 Å². The van der Waals surface area contributed by atoms with Crippen LogP contribution in [0.5, 0.6) is 0 Å². The largest absolute Gasteiger partial charge is 0.332 e. The number of likely N-dealkylation sites (tertiary alicyclic amines) is 1. The van der Waals surface area contributed by atoms with E-state index >= 15 is 0 Å². The van der Waals surface area contributed by atoms with E-state index in [1.54, 1.807) is 0 Å². The summed E-state index contributed by atoms with van der Waals surface area (Å²) in [5.74, 6) is 0. The molecule has 0 aliphatic carbocycles. The van der Waals surface area contributed by atoms with Crippen molar-refractivity contribution in [3.8, 4) is 0 Å². The molecule has 0 radical (unpaired) electrons. The Morgan fingerprint density at radius 1 is 1.47 bits per heavy atom. The van der Waals surface area contributed by atoms with E-state index in [9.17, 15) is 0 Å². The molecule has 0 saturated carbocycles. The third-order valence-corrected chi connectivity index (χ3v) is 3.67. The van der Waals surface area contributed by atoms with E-state index in [1.807, 2.05) is 12.5 Å². The minimum Gasteiger partial charge on any atom is -0.332 e. The molecule has 1 aliphatic heterocycles. The van der Waals surface area contributed by atoms with Gasteiger partial charge in [0.25, 0.3) is 0 Å². The molecule has 0 spiro atoms. The predicted molar refractivity (Wildman–Crippen MR) is 69.9 cm³/mol. The van der Waals surface area contributed by atoms with Gasteiger partial charge in [-0.3, -0.25) is 4.90 Å². The van der Waals surface area contributed by atoms with Crippen LogP contribution in [0.1, 0.15) is 32.4 Å². The molecule has 4 nitrogen and oxygen atoms in total. The van der Waals surface area contributed by atoms with Gasteiger partial charge in [0.1, 0.15) is 0 Å². The Labute approximate surface area is 104 Å². The fraction of sp³-hybridized carbons (Fsp3) is 0.769. The molecule has 1 saturated heterocycles. The van der Waals surface area contributed by atoms with E-state index in [-0.39, 0.29) is 0 Å². The standard InChI is InChI=1S/C13H24N4/c1-3-14-8-13-9-15-11-17(13)10-12-6-5-7-16(12)4-2/h9,11-12,14H,3-8,10H2,1-2H3. The summed E-state index contributed by atoms with van der Waals surface area (Å²) in [6.45, 7) is 9.85. The number of nitrogens with zero attached hydrogens (tertiary/aromatic N) is 3. The Morgan fingerprint density at radius 2 is 2.35 bits per heavy atom. The number of hydrogen-bond acceptors (Lipinski definition) is 3. The Morgan fingerprint density at radius 3 is 3.12 bits per heavy atom. The fourth-order valence-electron chi connectivity index (χ4n) is 2.66. The summed E-state index contributed by atoms with van der Waals surface area (Å²) in [4.78, 5) is 6.85. The van der Waals surface area contributed by atoms with Gasteiger partial charge in [0.2, 0.25) is 0 Å². The first kappa shape index (κ1) is 12.6. The van der Waals surface area contributed by atoms with Crippen LogP contribution in [0.15, 0.2) is 12.5 Å². The average molecular weight is 236 g/mol. The van der Waals surface area contributed by atoms with Crippen LogP contribution >= 0.6 is 0 Å². The summed E-state index contributed by atoms with van der Waals surface area (Å²) in [7, 11) is 0. The highest BCUT2D eigenvalue weighted by atomic mass is 15.2. The summed E-state index contributed by atoms with van der Waals surface area (Å²) in [6.07, 6.45) is 6.62. The van der Waals surface area contributed by atoms with Crippen LogP contribution in [0.3, 0.4) is 0 Å². The first-order valence-electron chi connectivity index (χ1n) is 6.79.